The number of carbonyl (C=O) groups excluding carboxylic acids is 2. The molecule has 0 radical (unpaired) electrons. The van der Waals surface area contributed by atoms with E-state index in [0.717, 1.165) is 0 Å². The van der Waals surface area contributed by atoms with Gasteiger partial charge in [0.1, 0.15) is 6.04 Å². The van der Waals surface area contributed by atoms with E-state index in [9.17, 15) is 18.4 Å². The summed E-state index contributed by atoms with van der Waals surface area (Å²) < 4.78 is 34.6. The minimum atomic E-state index is -3.70. The number of hydrogen-bond donors (Lipinski definition) is 1. The minimum Gasteiger partial charge on any atom is -0.395 e. The van der Waals surface area contributed by atoms with E-state index in [-0.39, 0.29) is 36.3 Å². The van der Waals surface area contributed by atoms with Crippen molar-refractivity contribution in [1.29, 1.82) is 0 Å². The average molecular weight is 298 g/mol. The third-order valence-corrected chi connectivity index (χ3v) is 3.27. The van der Waals surface area contributed by atoms with Crippen molar-refractivity contribution in [2.24, 2.45) is 0 Å². The van der Waals surface area contributed by atoms with Crippen LogP contribution in [0, 0.1) is 0 Å². The van der Waals surface area contributed by atoms with Gasteiger partial charge in [-0.15, -0.1) is 8.78 Å². The van der Waals surface area contributed by atoms with E-state index in [2.05, 4.69) is 14.8 Å². The van der Waals surface area contributed by atoms with Crippen LogP contribution in [0.1, 0.15) is 13.3 Å². The number of nitrogens with one attached hydrogen (secondary N) is 1. The molecule has 0 saturated carbocycles. The first-order valence-corrected chi connectivity index (χ1v) is 6.36. The van der Waals surface area contributed by atoms with Gasteiger partial charge in [-0.2, -0.15) is 0 Å². The van der Waals surface area contributed by atoms with Gasteiger partial charge in [-0.05, 0) is 19.1 Å². The number of amides is 2. The molecular weight excluding hydrogens is 286 g/mol. The molecule has 1 saturated heterocycles. The molecule has 0 aliphatic carbocycles. The van der Waals surface area contributed by atoms with Crippen LogP contribution in [0.5, 0.6) is 11.5 Å². The molecular formula is C13H12F2N2O4. The van der Waals surface area contributed by atoms with E-state index in [1.54, 1.807) is 6.92 Å². The topological polar surface area (TPSA) is 67.9 Å². The SMILES string of the molecule is CC1NC(=O)CCN(c2ccc3c(c2)OC(F)(F)O3)C1=O. The Hall–Kier alpha value is -2.38. The number of carbonyl (C=O) groups is 2. The molecule has 1 N–H and O–H groups in total. The average Bonchev–Trinajstić information content (AvgIpc) is 2.64. The highest BCUT2D eigenvalue weighted by atomic mass is 19.3. The number of nitrogens with zero attached hydrogens (tertiary/aromatic N) is 1. The van der Waals surface area contributed by atoms with Gasteiger partial charge < -0.3 is 19.7 Å². The summed E-state index contributed by atoms with van der Waals surface area (Å²) in [6.45, 7) is 1.74. The van der Waals surface area contributed by atoms with Crippen LogP contribution in [-0.4, -0.2) is 30.7 Å². The third-order valence-electron chi connectivity index (χ3n) is 3.27. The number of hydrogen-bond acceptors (Lipinski definition) is 4. The van der Waals surface area contributed by atoms with Crippen molar-refractivity contribution in [1.82, 2.24) is 5.32 Å². The van der Waals surface area contributed by atoms with Crippen LogP contribution in [0.4, 0.5) is 14.5 Å². The predicted molar refractivity (Wildman–Crippen MR) is 67.2 cm³/mol. The Morgan fingerprint density at radius 1 is 1.29 bits per heavy atom. The molecule has 1 fully saturated rings. The van der Waals surface area contributed by atoms with Crippen LogP contribution in [-0.2, 0) is 9.59 Å². The Morgan fingerprint density at radius 3 is 2.76 bits per heavy atom. The standard InChI is InChI=1S/C13H12F2N2O4/c1-7-12(19)17(5-4-11(18)16-7)8-2-3-9-10(6-8)21-13(14,15)20-9/h2-3,6-7H,4-5H2,1H3,(H,16,18). The van der Waals surface area contributed by atoms with Crippen molar-refractivity contribution in [2.75, 3.05) is 11.4 Å². The Bertz CT molecular complexity index is 620. The van der Waals surface area contributed by atoms with Gasteiger partial charge in [0.05, 0.1) is 0 Å². The van der Waals surface area contributed by atoms with Gasteiger partial charge >= 0.3 is 6.29 Å². The summed E-state index contributed by atoms with van der Waals surface area (Å²) in [6.07, 6.45) is -3.56. The van der Waals surface area contributed by atoms with Crippen LogP contribution in [0.2, 0.25) is 0 Å². The number of benzene rings is 1. The van der Waals surface area contributed by atoms with Gasteiger partial charge in [0.15, 0.2) is 11.5 Å². The zero-order valence-electron chi connectivity index (χ0n) is 11.1. The zero-order valence-corrected chi connectivity index (χ0v) is 11.1. The van der Waals surface area contributed by atoms with Crippen LogP contribution in [0.15, 0.2) is 18.2 Å². The van der Waals surface area contributed by atoms with Gasteiger partial charge in [0.25, 0.3) is 0 Å². The molecule has 2 aliphatic heterocycles. The van der Waals surface area contributed by atoms with E-state index in [1.165, 1.54) is 23.1 Å². The van der Waals surface area contributed by atoms with Gasteiger partial charge in [0, 0.05) is 24.7 Å². The highest BCUT2D eigenvalue weighted by Crippen LogP contribution is 2.43. The van der Waals surface area contributed by atoms with E-state index in [4.69, 9.17) is 0 Å². The fourth-order valence-electron chi connectivity index (χ4n) is 2.29. The number of rotatable bonds is 1. The highest BCUT2D eigenvalue weighted by molar-refractivity contribution is 6.01. The van der Waals surface area contributed by atoms with E-state index in [0.29, 0.717) is 5.69 Å². The second kappa shape index (κ2) is 4.57. The summed E-state index contributed by atoms with van der Waals surface area (Å²) in [5.74, 6) is -0.771. The lowest BCUT2D eigenvalue weighted by Crippen LogP contribution is -2.42. The molecule has 0 spiro atoms. The van der Waals surface area contributed by atoms with E-state index in [1.807, 2.05) is 0 Å². The number of alkyl halides is 2. The second-order valence-electron chi connectivity index (χ2n) is 4.83. The number of halogens is 2. The van der Waals surface area contributed by atoms with Crippen molar-refractivity contribution in [3.05, 3.63) is 18.2 Å². The molecule has 3 rings (SSSR count). The molecule has 112 valence electrons. The lowest BCUT2D eigenvalue weighted by Gasteiger charge is -2.22. The number of fused-ring (bicyclic) bond motifs is 1. The zero-order chi connectivity index (χ0) is 15.2. The Balaban J connectivity index is 1.91. The quantitative estimate of drug-likeness (QED) is 0.847. The summed E-state index contributed by atoms with van der Waals surface area (Å²) in [7, 11) is 0. The first-order valence-electron chi connectivity index (χ1n) is 6.36. The summed E-state index contributed by atoms with van der Waals surface area (Å²) in [4.78, 5) is 25.0. The molecule has 8 heteroatoms. The van der Waals surface area contributed by atoms with Crippen molar-refractivity contribution in [2.45, 2.75) is 25.7 Å². The maximum Gasteiger partial charge on any atom is 0.586 e. The maximum absolute atomic E-state index is 13.0. The normalized spacial score (nSPS) is 23.8. The molecule has 21 heavy (non-hydrogen) atoms. The van der Waals surface area contributed by atoms with Gasteiger partial charge in [-0.25, -0.2) is 0 Å². The monoisotopic (exact) mass is 298 g/mol. The summed E-state index contributed by atoms with van der Waals surface area (Å²) in [5.41, 5.74) is 0.378. The van der Waals surface area contributed by atoms with Crippen molar-refractivity contribution >= 4 is 17.5 Å². The molecule has 2 aliphatic rings. The van der Waals surface area contributed by atoms with E-state index < -0.39 is 12.3 Å². The first-order chi connectivity index (χ1) is 9.85. The Labute approximate surface area is 118 Å². The van der Waals surface area contributed by atoms with Crippen LogP contribution < -0.4 is 19.7 Å². The molecule has 2 heterocycles. The van der Waals surface area contributed by atoms with Gasteiger partial charge in [0.2, 0.25) is 11.8 Å². The summed E-state index contributed by atoms with van der Waals surface area (Å²) >= 11 is 0. The minimum absolute atomic E-state index is 0.0896. The van der Waals surface area contributed by atoms with Crippen LogP contribution >= 0.6 is 0 Å². The Kier molecular flexibility index (Phi) is 2.96. The van der Waals surface area contributed by atoms with Crippen molar-refractivity contribution < 1.29 is 27.8 Å². The molecule has 0 aromatic heterocycles. The molecule has 1 atom stereocenters. The molecule has 6 nitrogen and oxygen atoms in total. The second-order valence-corrected chi connectivity index (χ2v) is 4.83. The highest BCUT2D eigenvalue weighted by Gasteiger charge is 2.43. The summed E-state index contributed by atoms with van der Waals surface area (Å²) in [6, 6.07) is 3.41. The lowest BCUT2D eigenvalue weighted by atomic mass is 10.2. The molecule has 1 aromatic rings. The van der Waals surface area contributed by atoms with Crippen LogP contribution in [0.25, 0.3) is 0 Å². The van der Waals surface area contributed by atoms with Gasteiger partial charge in [-0.1, -0.05) is 0 Å². The summed E-state index contributed by atoms with van der Waals surface area (Å²) in [5, 5.41) is 2.55. The van der Waals surface area contributed by atoms with Crippen LogP contribution in [0.3, 0.4) is 0 Å². The Morgan fingerprint density at radius 2 is 2.00 bits per heavy atom. The van der Waals surface area contributed by atoms with E-state index >= 15 is 0 Å². The fraction of sp³-hybridized carbons (Fsp3) is 0.385. The number of anilines is 1. The van der Waals surface area contributed by atoms with Crippen molar-refractivity contribution in [3.8, 4) is 11.5 Å². The lowest BCUT2D eigenvalue weighted by molar-refractivity contribution is -0.286. The first kappa shape index (κ1) is 13.6. The molecule has 0 bridgehead atoms. The third kappa shape index (κ3) is 2.48. The largest absolute Gasteiger partial charge is 0.586 e. The molecule has 1 aromatic carbocycles. The fourth-order valence-corrected chi connectivity index (χ4v) is 2.29. The van der Waals surface area contributed by atoms with Crippen molar-refractivity contribution in [3.63, 3.8) is 0 Å². The predicted octanol–water partition coefficient (Wildman–Crippen LogP) is 1.25. The smallest absolute Gasteiger partial charge is 0.395 e. The number of ether oxygens (including phenoxy) is 2. The maximum atomic E-state index is 13.0. The molecule has 2 amide bonds. The van der Waals surface area contributed by atoms with Gasteiger partial charge in [-0.3, -0.25) is 9.59 Å². The molecule has 1 unspecified atom stereocenters.